The average Bonchev–Trinajstić information content (AvgIpc) is 3.19. The maximum absolute atomic E-state index is 12.0. The van der Waals surface area contributed by atoms with Crippen molar-refractivity contribution in [3.8, 4) is 0 Å². The van der Waals surface area contributed by atoms with Crippen molar-refractivity contribution < 1.29 is 4.79 Å². The van der Waals surface area contributed by atoms with Gasteiger partial charge in [0.1, 0.15) is 6.54 Å². The lowest BCUT2D eigenvalue weighted by Crippen LogP contribution is -2.53. The van der Waals surface area contributed by atoms with E-state index in [1.807, 2.05) is 0 Å². The molecule has 0 spiro atoms. The number of carbonyl (C=O) groups excluding carboxylic acids is 1. The van der Waals surface area contributed by atoms with Crippen molar-refractivity contribution in [2.45, 2.75) is 50.6 Å². The minimum absolute atomic E-state index is 0.0251. The molecule has 148 valence electrons. The number of para-hydroxylation sites is 1. The molecule has 1 aromatic carbocycles. The molecule has 0 radical (unpaired) electrons. The fourth-order valence-electron chi connectivity index (χ4n) is 3.85. The normalized spacial score (nSPS) is 21.2. The first-order valence-corrected chi connectivity index (χ1v) is 10.2. The van der Waals surface area contributed by atoms with Gasteiger partial charge in [0.25, 0.3) is 0 Å². The summed E-state index contributed by atoms with van der Waals surface area (Å²) in [5.41, 5.74) is 1.27. The Morgan fingerprint density at radius 2 is 1.74 bits per heavy atom. The number of guanidine groups is 1. The summed E-state index contributed by atoms with van der Waals surface area (Å²) in [5, 5.41) is 7.17. The molecule has 2 fully saturated rings. The SMILES string of the molecule is CN(C)C(=O)CN=C(NC1CCCC1)NC1CCCN(c2ccccc2)C1. The molecule has 1 saturated heterocycles. The van der Waals surface area contributed by atoms with Gasteiger partial charge in [-0.3, -0.25) is 4.79 Å². The number of anilines is 1. The average molecular weight is 372 g/mol. The van der Waals surface area contributed by atoms with E-state index >= 15 is 0 Å². The van der Waals surface area contributed by atoms with Crippen molar-refractivity contribution in [2.75, 3.05) is 38.6 Å². The van der Waals surface area contributed by atoms with Crippen LogP contribution in [0.4, 0.5) is 5.69 Å². The van der Waals surface area contributed by atoms with Gasteiger partial charge in [0.15, 0.2) is 5.96 Å². The summed E-state index contributed by atoms with van der Waals surface area (Å²) < 4.78 is 0. The largest absolute Gasteiger partial charge is 0.369 e. The van der Waals surface area contributed by atoms with Crippen LogP contribution in [0.3, 0.4) is 0 Å². The Balaban J connectivity index is 1.62. The van der Waals surface area contributed by atoms with Gasteiger partial charge in [-0.15, -0.1) is 0 Å². The first-order chi connectivity index (χ1) is 13.1. The Labute approximate surface area is 163 Å². The monoisotopic (exact) mass is 371 g/mol. The summed E-state index contributed by atoms with van der Waals surface area (Å²) in [7, 11) is 3.54. The molecule has 0 aromatic heterocycles. The summed E-state index contributed by atoms with van der Waals surface area (Å²) in [6, 6.07) is 11.4. The number of benzene rings is 1. The molecule has 1 heterocycles. The molecular weight excluding hydrogens is 338 g/mol. The third kappa shape index (κ3) is 5.88. The van der Waals surface area contributed by atoms with Crippen LogP contribution in [-0.2, 0) is 4.79 Å². The molecule has 1 aromatic rings. The molecule has 6 nitrogen and oxygen atoms in total. The highest BCUT2D eigenvalue weighted by atomic mass is 16.2. The summed E-state index contributed by atoms with van der Waals surface area (Å²) in [6.45, 7) is 2.23. The number of hydrogen-bond acceptors (Lipinski definition) is 3. The molecule has 0 bridgehead atoms. The number of nitrogens with zero attached hydrogens (tertiary/aromatic N) is 3. The zero-order valence-electron chi connectivity index (χ0n) is 16.7. The molecule has 1 amide bonds. The zero-order valence-corrected chi connectivity index (χ0v) is 16.7. The van der Waals surface area contributed by atoms with Gasteiger partial charge in [-0.2, -0.15) is 0 Å². The van der Waals surface area contributed by atoms with Gasteiger partial charge >= 0.3 is 0 Å². The smallest absolute Gasteiger partial charge is 0.243 e. The summed E-state index contributed by atoms with van der Waals surface area (Å²) in [5.74, 6) is 0.814. The molecular formula is C21H33N5O. The Bertz CT molecular complexity index is 625. The first kappa shape index (κ1) is 19.5. The number of nitrogens with one attached hydrogen (secondary N) is 2. The topological polar surface area (TPSA) is 60.0 Å². The van der Waals surface area contributed by atoms with E-state index in [0.29, 0.717) is 12.1 Å². The second kappa shape index (κ2) is 9.62. The number of likely N-dealkylation sites (N-methyl/N-ethyl adjacent to an activating group) is 1. The van der Waals surface area contributed by atoms with Crippen molar-refractivity contribution in [1.29, 1.82) is 0 Å². The Morgan fingerprint density at radius 3 is 2.44 bits per heavy atom. The molecule has 2 N–H and O–H groups in total. The first-order valence-electron chi connectivity index (χ1n) is 10.2. The van der Waals surface area contributed by atoms with Crippen molar-refractivity contribution in [2.24, 2.45) is 4.99 Å². The van der Waals surface area contributed by atoms with Crippen LogP contribution < -0.4 is 15.5 Å². The molecule has 27 heavy (non-hydrogen) atoms. The minimum Gasteiger partial charge on any atom is -0.369 e. The van der Waals surface area contributed by atoms with Crippen molar-refractivity contribution >= 4 is 17.6 Å². The van der Waals surface area contributed by atoms with E-state index < -0.39 is 0 Å². The van der Waals surface area contributed by atoms with E-state index in [4.69, 9.17) is 0 Å². The van der Waals surface area contributed by atoms with E-state index in [9.17, 15) is 4.79 Å². The van der Waals surface area contributed by atoms with E-state index in [1.165, 1.54) is 31.4 Å². The number of rotatable bonds is 5. The lowest BCUT2D eigenvalue weighted by molar-refractivity contribution is -0.127. The predicted molar refractivity (Wildman–Crippen MR) is 111 cm³/mol. The Kier molecular flexibility index (Phi) is 6.96. The van der Waals surface area contributed by atoms with Gasteiger partial charge in [0.2, 0.25) is 5.91 Å². The maximum atomic E-state index is 12.0. The van der Waals surface area contributed by atoms with Gasteiger partial charge in [-0.05, 0) is 37.8 Å². The van der Waals surface area contributed by atoms with Gasteiger partial charge in [0.05, 0.1) is 0 Å². The predicted octanol–water partition coefficient (Wildman–Crippen LogP) is 2.22. The number of hydrogen-bond donors (Lipinski definition) is 2. The molecule has 3 rings (SSSR count). The van der Waals surface area contributed by atoms with Crippen LogP contribution in [0, 0.1) is 0 Å². The maximum Gasteiger partial charge on any atom is 0.243 e. The third-order valence-corrected chi connectivity index (χ3v) is 5.45. The van der Waals surface area contributed by atoms with Gasteiger partial charge in [-0.1, -0.05) is 31.0 Å². The molecule has 1 aliphatic carbocycles. The third-order valence-electron chi connectivity index (χ3n) is 5.45. The van der Waals surface area contributed by atoms with Crippen LogP contribution >= 0.6 is 0 Å². The quantitative estimate of drug-likeness (QED) is 0.615. The second-order valence-electron chi connectivity index (χ2n) is 7.84. The number of amides is 1. The standard InChI is InChI=1S/C21H33N5O/c1-25(2)20(27)15-22-21(23-17-9-6-7-10-17)24-18-11-8-14-26(16-18)19-12-4-3-5-13-19/h3-5,12-13,17-18H,6-11,14-16H2,1-2H3,(H2,22,23,24). The van der Waals surface area contributed by atoms with E-state index in [-0.39, 0.29) is 12.5 Å². The van der Waals surface area contributed by atoms with Gasteiger partial charge < -0.3 is 20.4 Å². The lowest BCUT2D eigenvalue weighted by Gasteiger charge is -2.35. The minimum atomic E-state index is 0.0251. The zero-order chi connectivity index (χ0) is 19.1. The van der Waals surface area contributed by atoms with Crippen LogP contribution in [0.15, 0.2) is 35.3 Å². The number of carbonyl (C=O) groups is 1. The summed E-state index contributed by atoms with van der Waals surface area (Å²) in [6.07, 6.45) is 7.18. The van der Waals surface area contributed by atoms with Crippen LogP contribution in [0.5, 0.6) is 0 Å². The molecule has 2 aliphatic rings. The van der Waals surface area contributed by atoms with E-state index in [0.717, 1.165) is 31.9 Å². The van der Waals surface area contributed by atoms with Crippen LogP contribution in [-0.4, -0.2) is 62.6 Å². The molecule has 1 saturated carbocycles. The second-order valence-corrected chi connectivity index (χ2v) is 7.84. The van der Waals surface area contributed by atoms with Crippen molar-refractivity contribution in [3.05, 3.63) is 30.3 Å². The van der Waals surface area contributed by atoms with Crippen molar-refractivity contribution in [3.63, 3.8) is 0 Å². The van der Waals surface area contributed by atoms with Gasteiger partial charge in [-0.25, -0.2) is 4.99 Å². The molecule has 1 unspecified atom stereocenters. The summed E-state index contributed by atoms with van der Waals surface area (Å²) in [4.78, 5) is 20.6. The van der Waals surface area contributed by atoms with Crippen LogP contribution in [0.1, 0.15) is 38.5 Å². The number of piperidine rings is 1. The highest BCUT2D eigenvalue weighted by molar-refractivity contribution is 5.85. The van der Waals surface area contributed by atoms with Crippen LogP contribution in [0.25, 0.3) is 0 Å². The lowest BCUT2D eigenvalue weighted by atomic mass is 10.0. The highest BCUT2D eigenvalue weighted by Gasteiger charge is 2.23. The van der Waals surface area contributed by atoms with Gasteiger partial charge in [0, 0.05) is 45.0 Å². The Morgan fingerprint density at radius 1 is 1.07 bits per heavy atom. The highest BCUT2D eigenvalue weighted by Crippen LogP contribution is 2.20. The Hall–Kier alpha value is -2.24. The van der Waals surface area contributed by atoms with E-state index in [1.54, 1.807) is 19.0 Å². The fraction of sp³-hybridized carbons (Fsp3) is 0.619. The van der Waals surface area contributed by atoms with E-state index in [2.05, 4.69) is 50.9 Å². The summed E-state index contributed by atoms with van der Waals surface area (Å²) >= 11 is 0. The van der Waals surface area contributed by atoms with Crippen LogP contribution in [0.2, 0.25) is 0 Å². The fourth-order valence-corrected chi connectivity index (χ4v) is 3.85. The molecule has 1 aliphatic heterocycles. The van der Waals surface area contributed by atoms with Crippen molar-refractivity contribution in [1.82, 2.24) is 15.5 Å². The molecule has 1 atom stereocenters. The molecule has 6 heteroatoms. The number of aliphatic imine (C=N–C) groups is 1.